The summed E-state index contributed by atoms with van der Waals surface area (Å²) in [5.41, 5.74) is 4.20. The first-order valence-electron chi connectivity index (χ1n) is 10.6. The fraction of sp³-hybridized carbons (Fsp3) is 0.435. The van der Waals surface area contributed by atoms with Crippen LogP contribution < -0.4 is 10.0 Å². The van der Waals surface area contributed by atoms with Crippen molar-refractivity contribution in [3.05, 3.63) is 64.7 Å². The highest BCUT2D eigenvalue weighted by Crippen LogP contribution is 2.15. The number of morpholine rings is 1. The fourth-order valence-electron chi connectivity index (χ4n) is 3.43. The Kier molecular flexibility index (Phi) is 8.20. The highest BCUT2D eigenvalue weighted by molar-refractivity contribution is 7.89. The van der Waals surface area contributed by atoms with E-state index < -0.39 is 10.0 Å². The molecule has 0 spiro atoms. The van der Waals surface area contributed by atoms with E-state index in [9.17, 15) is 13.2 Å². The number of ether oxygens (including phenoxy) is 1. The van der Waals surface area contributed by atoms with Gasteiger partial charge in [-0.25, -0.2) is 13.1 Å². The van der Waals surface area contributed by atoms with Crippen LogP contribution in [0.2, 0.25) is 0 Å². The molecule has 0 unspecified atom stereocenters. The van der Waals surface area contributed by atoms with E-state index in [1.807, 2.05) is 32.0 Å². The lowest BCUT2D eigenvalue weighted by Crippen LogP contribution is -2.36. The first kappa shape index (κ1) is 23.4. The van der Waals surface area contributed by atoms with Gasteiger partial charge >= 0.3 is 0 Å². The Hall–Kier alpha value is -2.26. The molecule has 168 valence electrons. The van der Waals surface area contributed by atoms with Gasteiger partial charge in [-0.05, 0) is 48.2 Å². The van der Waals surface area contributed by atoms with Crippen LogP contribution in [-0.2, 0) is 32.6 Å². The van der Waals surface area contributed by atoms with Crippen molar-refractivity contribution in [2.45, 2.75) is 38.3 Å². The summed E-state index contributed by atoms with van der Waals surface area (Å²) < 4.78 is 32.8. The highest BCUT2D eigenvalue weighted by atomic mass is 32.2. The molecule has 0 aliphatic carbocycles. The molecule has 0 aromatic heterocycles. The lowest BCUT2D eigenvalue weighted by atomic mass is 10.1. The number of rotatable bonds is 9. The zero-order valence-corrected chi connectivity index (χ0v) is 19.0. The molecule has 1 fully saturated rings. The maximum Gasteiger partial charge on any atom is 0.240 e. The third-order valence-electron chi connectivity index (χ3n) is 5.52. The van der Waals surface area contributed by atoms with Crippen molar-refractivity contribution in [3.63, 3.8) is 0 Å². The van der Waals surface area contributed by atoms with Gasteiger partial charge in [0.25, 0.3) is 0 Å². The molecule has 3 rings (SSSR count). The van der Waals surface area contributed by atoms with Crippen LogP contribution in [0.3, 0.4) is 0 Å². The second kappa shape index (κ2) is 10.9. The van der Waals surface area contributed by atoms with E-state index >= 15 is 0 Å². The van der Waals surface area contributed by atoms with Gasteiger partial charge in [0.1, 0.15) is 0 Å². The van der Waals surface area contributed by atoms with Crippen molar-refractivity contribution in [3.8, 4) is 0 Å². The number of amides is 1. The molecule has 2 aromatic rings. The first-order valence-corrected chi connectivity index (χ1v) is 12.0. The van der Waals surface area contributed by atoms with Crippen molar-refractivity contribution in [2.24, 2.45) is 0 Å². The summed E-state index contributed by atoms with van der Waals surface area (Å²) in [4.78, 5) is 14.8. The second-order valence-corrected chi connectivity index (χ2v) is 9.59. The minimum absolute atomic E-state index is 0.0521. The van der Waals surface area contributed by atoms with Crippen LogP contribution in [0.5, 0.6) is 0 Å². The third kappa shape index (κ3) is 6.87. The quantitative estimate of drug-likeness (QED) is 0.617. The molecule has 2 N–H and O–H groups in total. The van der Waals surface area contributed by atoms with Gasteiger partial charge in [-0.1, -0.05) is 30.3 Å². The Morgan fingerprint density at radius 2 is 1.74 bits per heavy atom. The Morgan fingerprint density at radius 3 is 2.45 bits per heavy atom. The Bertz CT molecular complexity index is 1000. The van der Waals surface area contributed by atoms with E-state index in [-0.39, 0.29) is 23.8 Å². The molecular weight excluding hydrogens is 414 g/mol. The number of hydrogen-bond acceptors (Lipinski definition) is 5. The molecule has 1 saturated heterocycles. The van der Waals surface area contributed by atoms with Gasteiger partial charge in [0.05, 0.1) is 18.1 Å². The molecule has 1 heterocycles. The van der Waals surface area contributed by atoms with Crippen molar-refractivity contribution in [1.82, 2.24) is 14.9 Å². The monoisotopic (exact) mass is 445 g/mol. The molecule has 0 bridgehead atoms. The van der Waals surface area contributed by atoms with E-state index in [1.165, 1.54) is 5.56 Å². The first-order chi connectivity index (χ1) is 14.8. The largest absolute Gasteiger partial charge is 0.379 e. The molecule has 1 aliphatic heterocycles. The number of nitrogens with one attached hydrogen (secondary N) is 2. The average Bonchev–Trinajstić information content (AvgIpc) is 2.75. The number of hydrogen-bond donors (Lipinski definition) is 2. The van der Waals surface area contributed by atoms with Crippen LogP contribution in [-0.4, -0.2) is 52.1 Å². The Morgan fingerprint density at radius 1 is 1.03 bits per heavy atom. The molecule has 31 heavy (non-hydrogen) atoms. The normalized spacial score (nSPS) is 15.0. The smallest absolute Gasteiger partial charge is 0.240 e. The molecule has 0 radical (unpaired) electrons. The van der Waals surface area contributed by atoms with E-state index in [1.54, 1.807) is 18.2 Å². The SMILES string of the molecule is Cc1ccc(S(=O)(=O)NCCC(=O)NCc2ccccc2CN2CCOCC2)cc1C. The van der Waals surface area contributed by atoms with Gasteiger partial charge < -0.3 is 10.1 Å². The maximum atomic E-state index is 12.4. The Balaban J connectivity index is 1.47. The van der Waals surface area contributed by atoms with E-state index in [4.69, 9.17) is 4.74 Å². The Labute approximate surface area is 184 Å². The van der Waals surface area contributed by atoms with Gasteiger partial charge in [-0.2, -0.15) is 0 Å². The summed E-state index contributed by atoms with van der Waals surface area (Å²) >= 11 is 0. The van der Waals surface area contributed by atoms with E-state index in [0.29, 0.717) is 6.54 Å². The predicted molar refractivity (Wildman–Crippen MR) is 120 cm³/mol. The zero-order chi connectivity index (χ0) is 22.3. The van der Waals surface area contributed by atoms with Gasteiger partial charge in [-0.3, -0.25) is 9.69 Å². The van der Waals surface area contributed by atoms with Gasteiger partial charge in [0.2, 0.25) is 15.9 Å². The number of benzene rings is 2. The van der Waals surface area contributed by atoms with Crippen LogP contribution in [0.4, 0.5) is 0 Å². The van der Waals surface area contributed by atoms with Crippen molar-refractivity contribution >= 4 is 15.9 Å². The van der Waals surface area contributed by atoms with Crippen molar-refractivity contribution in [1.29, 1.82) is 0 Å². The van der Waals surface area contributed by atoms with Crippen LogP contribution in [0.25, 0.3) is 0 Å². The molecule has 0 saturated carbocycles. The summed E-state index contributed by atoms with van der Waals surface area (Å²) in [7, 11) is -3.63. The van der Waals surface area contributed by atoms with Crippen molar-refractivity contribution in [2.75, 3.05) is 32.8 Å². The molecule has 0 atom stereocenters. The predicted octanol–water partition coefficient (Wildman–Crippen LogP) is 2.12. The fourth-order valence-corrected chi connectivity index (χ4v) is 4.55. The zero-order valence-electron chi connectivity index (χ0n) is 18.2. The van der Waals surface area contributed by atoms with Crippen LogP contribution in [0, 0.1) is 13.8 Å². The van der Waals surface area contributed by atoms with Gasteiger partial charge in [0.15, 0.2) is 0 Å². The molecule has 1 aliphatic rings. The lowest BCUT2D eigenvalue weighted by molar-refractivity contribution is -0.121. The topological polar surface area (TPSA) is 87.7 Å². The van der Waals surface area contributed by atoms with Gasteiger partial charge in [0, 0.05) is 39.1 Å². The molecule has 1 amide bonds. The number of nitrogens with zero attached hydrogens (tertiary/aromatic N) is 1. The minimum atomic E-state index is -3.63. The number of aryl methyl sites for hydroxylation is 2. The van der Waals surface area contributed by atoms with Crippen molar-refractivity contribution < 1.29 is 17.9 Å². The second-order valence-electron chi connectivity index (χ2n) is 7.83. The number of carbonyl (C=O) groups excluding carboxylic acids is 1. The highest BCUT2D eigenvalue weighted by Gasteiger charge is 2.16. The van der Waals surface area contributed by atoms with Crippen LogP contribution in [0.15, 0.2) is 47.4 Å². The number of carbonyl (C=O) groups is 1. The molecule has 7 nitrogen and oxygen atoms in total. The molecule has 2 aromatic carbocycles. The molecular formula is C23H31N3O4S. The lowest BCUT2D eigenvalue weighted by Gasteiger charge is -2.27. The summed E-state index contributed by atoms with van der Waals surface area (Å²) in [6, 6.07) is 13.1. The van der Waals surface area contributed by atoms with E-state index in [0.717, 1.165) is 49.5 Å². The molecule has 8 heteroatoms. The third-order valence-corrected chi connectivity index (χ3v) is 6.98. The van der Waals surface area contributed by atoms with Crippen LogP contribution in [0.1, 0.15) is 28.7 Å². The minimum Gasteiger partial charge on any atom is -0.379 e. The van der Waals surface area contributed by atoms with E-state index in [2.05, 4.69) is 21.0 Å². The summed E-state index contributed by atoms with van der Waals surface area (Å²) in [5, 5.41) is 2.90. The standard InChI is InChI=1S/C23H31N3O4S/c1-18-7-8-22(15-19(18)2)31(28,29)25-10-9-23(27)24-16-20-5-3-4-6-21(20)17-26-11-13-30-14-12-26/h3-8,15,25H,9-14,16-17H2,1-2H3,(H,24,27). The summed E-state index contributed by atoms with van der Waals surface area (Å²) in [6.07, 6.45) is 0.0791. The maximum absolute atomic E-state index is 12.4. The summed E-state index contributed by atoms with van der Waals surface area (Å²) in [5.74, 6) is -0.191. The van der Waals surface area contributed by atoms with Crippen LogP contribution >= 0.6 is 0 Å². The summed E-state index contributed by atoms with van der Waals surface area (Å²) in [6.45, 7) is 8.41. The average molecular weight is 446 g/mol. The number of sulfonamides is 1. The van der Waals surface area contributed by atoms with Gasteiger partial charge in [-0.15, -0.1) is 0 Å².